The molecule has 2 unspecified atom stereocenters. The van der Waals surface area contributed by atoms with Gasteiger partial charge in [-0.3, -0.25) is 14.5 Å². The van der Waals surface area contributed by atoms with Gasteiger partial charge in [0.2, 0.25) is 0 Å². The van der Waals surface area contributed by atoms with Gasteiger partial charge in [0, 0.05) is 24.4 Å². The minimum atomic E-state index is -3.63. The number of aromatic nitrogens is 1. The van der Waals surface area contributed by atoms with Gasteiger partial charge in [0.05, 0.1) is 17.1 Å². The van der Waals surface area contributed by atoms with Gasteiger partial charge in [0.15, 0.2) is 21.3 Å². The van der Waals surface area contributed by atoms with Crippen molar-refractivity contribution < 1.29 is 58.8 Å². The van der Waals surface area contributed by atoms with Crippen molar-refractivity contribution in [1.29, 1.82) is 0 Å². The summed E-state index contributed by atoms with van der Waals surface area (Å²) in [5, 5.41) is 8.15. The van der Waals surface area contributed by atoms with E-state index in [9.17, 15) is 23.1 Å². The Morgan fingerprint density at radius 2 is 2.00 bits per heavy atom. The molecule has 27 heavy (non-hydrogen) atoms. The van der Waals surface area contributed by atoms with Gasteiger partial charge >= 0.3 is 35.5 Å². The van der Waals surface area contributed by atoms with Crippen LogP contribution in [0.25, 0.3) is 11.3 Å². The first-order valence-electron chi connectivity index (χ1n) is 7.92. The molecule has 2 aliphatic heterocycles. The number of ether oxygens (including phenoxy) is 1. The van der Waals surface area contributed by atoms with E-state index >= 15 is 0 Å². The van der Waals surface area contributed by atoms with Gasteiger partial charge in [-0.2, -0.15) is 0 Å². The van der Waals surface area contributed by atoms with Crippen molar-refractivity contribution in [3.8, 4) is 11.3 Å². The summed E-state index contributed by atoms with van der Waals surface area (Å²) in [5.41, 5.74) is 2.10. The number of amides is 1. The second-order valence-corrected chi connectivity index (χ2v) is 8.40. The molecule has 0 saturated carbocycles. The topological polar surface area (TPSA) is 106 Å². The second-order valence-electron chi connectivity index (χ2n) is 6.30. The molecule has 2 aliphatic rings. The molecule has 1 aromatic carbocycles. The van der Waals surface area contributed by atoms with E-state index in [1.54, 1.807) is 24.3 Å². The van der Waals surface area contributed by atoms with Crippen molar-refractivity contribution in [1.82, 2.24) is 4.57 Å². The Morgan fingerprint density at radius 1 is 1.33 bits per heavy atom. The fourth-order valence-electron chi connectivity index (χ4n) is 3.69. The van der Waals surface area contributed by atoms with E-state index in [1.807, 2.05) is 6.07 Å². The van der Waals surface area contributed by atoms with E-state index in [-0.39, 0.29) is 43.3 Å². The molecule has 138 valence electrons. The number of anilines is 1. The van der Waals surface area contributed by atoms with Crippen LogP contribution in [0.1, 0.15) is 6.99 Å². The van der Waals surface area contributed by atoms with Crippen molar-refractivity contribution >= 4 is 27.4 Å². The number of hydrogen-bond acceptors (Lipinski definition) is 5. The summed E-state index contributed by atoms with van der Waals surface area (Å²) in [6, 6.07) is 9.01. The van der Waals surface area contributed by atoms with Crippen molar-refractivity contribution in [2.24, 2.45) is 0 Å². The standard InChI is InChI=1S/C17H16N2O6S.Na.H/c1-25-15-16(22)19-14-11(9-26(23,24)17(15)19)7-18(8-12(20)21)13(14)10-5-3-2-4-6-10;;/h2-7,15,17H,8-9H2,1H3,(H,20,21);;/q;+1;-1. The molecule has 3 heterocycles. The molecule has 1 N–H and O–H groups in total. The van der Waals surface area contributed by atoms with E-state index in [2.05, 4.69) is 0 Å². The number of sulfone groups is 1. The molecular weight excluding hydrogens is 383 g/mol. The number of methoxy groups -OCH3 is 1. The number of fused-ring (bicyclic) bond motifs is 3. The van der Waals surface area contributed by atoms with Gasteiger partial charge < -0.3 is 15.8 Å². The summed E-state index contributed by atoms with van der Waals surface area (Å²) in [6.07, 6.45) is 0.479. The molecular formula is C17H17N2NaO6S. The van der Waals surface area contributed by atoms with E-state index in [0.29, 0.717) is 22.5 Å². The molecule has 1 amide bonds. The molecule has 0 aliphatic carbocycles. The second kappa shape index (κ2) is 7.06. The number of hydrogen-bond donors (Lipinski definition) is 1. The van der Waals surface area contributed by atoms with Crippen LogP contribution in [-0.4, -0.2) is 48.6 Å². The Hall–Kier alpha value is -1.65. The van der Waals surface area contributed by atoms with Crippen LogP contribution in [0.4, 0.5) is 5.69 Å². The summed E-state index contributed by atoms with van der Waals surface area (Å²) >= 11 is 0. The zero-order chi connectivity index (χ0) is 18.6. The van der Waals surface area contributed by atoms with Crippen LogP contribution in [0.5, 0.6) is 0 Å². The monoisotopic (exact) mass is 400 g/mol. The molecule has 0 spiro atoms. The molecule has 1 fully saturated rings. The molecule has 8 nitrogen and oxygen atoms in total. The van der Waals surface area contributed by atoms with E-state index in [0.717, 1.165) is 0 Å². The summed E-state index contributed by atoms with van der Waals surface area (Å²) in [6.45, 7) is -0.336. The molecule has 10 heteroatoms. The fraction of sp³-hybridized carbons (Fsp3) is 0.294. The number of carbonyl (C=O) groups excluding carboxylic acids is 1. The van der Waals surface area contributed by atoms with Crippen LogP contribution in [0.3, 0.4) is 0 Å². The van der Waals surface area contributed by atoms with Crippen LogP contribution in [0.2, 0.25) is 0 Å². The fourth-order valence-corrected chi connectivity index (χ4v) is 5.64. The number of benzene rings is 1. The van der Waals surface area contributed by atoms with Crippen LogP contribution < -0.4 is 34.5 Å². The van der Waals surface area contributed by atoms with Crippen LogP contribution in [0.15, 0.2) is 36.5 Å². The maximum absolute atomic E-state index is 12.6. The molecule has 4 rings (SSSR count). The number of carbonyl (C=O) groups is 2. The third-order valence-corrected chi connectivity index (χ3v) is 6.60. The smallest absolute Gasteiger partial charge is 1.00 e. The molecule has 1 saturated heterocycles. The maximum atomic E-state index is 12.6. The molecule has 0 radical (unpaired) electrons. The van der Waals surface area contributed by atoms with Gasteiger partial charge in [-0.1, -0.05) is 30.3 Å². The summed E-state index contributed by atoms with van der Waals surface area (Å²) < 4.78 is 31.7. The number of carboxylic acids is 1. The molecule has 1 aromatic heterocycles. The molecule has 2 aromatic rings. The SMILES string of the molecule is COC1C(=O)N2c3c(cn(CC(=O)O)c3-c3ccccc3)CS(=O)(=O)C12.[H-].[Na+]. The Labute approximate surface area is 179 Å². The van der Waals surface area contributed by atoms with Crippen LogP contribution in [0, 0.1) is 0 Å². The molecule has 2 atom stereocenters. The Bertz CT molecular complexity index is 1020. The Morgan fingerprint density at radius 3 is 2.59 bits per heavy atom. The van der Waals surface area contributed by atoms with Crippen LogP contribution in [-0.2, 0) is 36.5 Å². The Kier molecular flexibility index (Phi) is 5.26. The number of rotatable bonds is 4. The largest absolute Gasteiger partial charge is 1.00 e. The predicted molar refractivity (Wildman–Crippen MR) is 93.3 cm³/mol. The van der Waals surface area contributed by atoms with Crippen molar-refractivity contribution in [3.63, 3.8) is 0 Å². The van der Waals surface area contributed by atoms with Gasteiger partial charge in [0.25, 0.3) is 5.91 Å². The first kappa shape index (κ1) is 20.1. The minimum Gasteiger partial charge on any atom is -1.00 e. The Balaban J connectivity index is 0.00000140. The van der Waals surface area contributed by atoms with Gasteiger partial charge in [-0.25, -0.2) is 8.42 Å². The minimum absolute atomic E-state index is 0. The van der Waals surface area contributed by atoms with Gasteiger partial charge in [-0.15, -0.1) is 0 Å². The van der Waals surface area contributed by atoms with Gasteiger partial charge in [-0.05, 0) is 0 Å². The average molecular weight is 400 g/mol. The zero-order valence-electron chi connectivity index (χ0n) is 15.8. The first-order chi connectivity index (χ1) is 12.3. The number of nitrogens with zero attached hydrogens (tertiary/aromatic N) is 2. The predicted octanol–water partition coefficient (Wildman–Crippen LogP) is -2.03. The third-order valence-electron chi connectivity index (χ3n) is 4.69. The van der Waals surface area contributed by atoms with E-state index < -0.39 is 33.2 Å². The normalized spacial score (nSPS) is 22.3. The maximum Gasteiger partial charge on any atom is 1.00 e. The third kappa shape index (κ3) is 3.03. The van der Waals surface area contributed by atoms with Crippen molar-refractivity contribution in [2.75, 3.05) is 12.0 Å². The van der Waals surface area contributed by atoms with Crippen molar-refractivity contribution in [3.05, 3.63) is 42.1 Å². The first-order valence-corrected chi connectivity index (χ1v) is 9.63. The summed E-state index contributed by atoms with van der Waals surface area (Å²) in [4.78, 5) is 25.0. The quantitative estimate of drug-likeness (QED) is 0.469. The van der Waals surface area contributed by atoms with Crippen molar-refractivity contribution in [2.45, 2.75) is 23.8 Å². The van der Waals surface area contributed by atoms with Gasteiger partial charge in [0.1, 0.15) is 6.54 Å². The summed E-state index contributed by atoms with van der Waals surface area (Å²) in [7, 11) is -2.32. The number of aliphatic carboxylic acids is 1. The summed E-state index contributed by atoms with van der Waals surface area (Å²) in [5.74, 6) is -1.76. The van der Waals surface area contributed by atoms with Crippen LogP contribution >= 0.6 is 0 Å². The van der Waals surface area contributed by atoms with E-state index in [4.69, 9.17) is 4.74 Å². The molecule has 0 bridgehead atoms. The van der Waals surface area contributed by atoms with E-state index in [1.165, 1.54) is 22.8 Å². The number of carboxylic acid groups (broad SMARTS) is 1. The zero-order valence-corrected chi connectivity index (χ0v) is 17.6. The number of β-lactam (4-membered cyclic amide) rings is 1. The average Bonchev–Trinajstić information content (AvgIpc) is 2.89.